The number of benzene rings is 2. The summed E-state index contributed by atoms with van der Waals surface area (Å²) in [6.45, 7) is 10.7. The molecule has 0 aliphatic heterocycles. The molecule has 33 heavy (non-hydrogen) atoms. The highest BCUT2D eigenvalue weighted by molar-refractivity contribution is 5.92. The number of fused-ring (bicyclic) bond motifs is 2. The molecule has 172 valence electrons. The van der Waals surface area contributed by atoms with Crippen LogP contribution in [-0.4, -0.2) is 23.1 Å². The van der Waals surface area contributed by atoms with E-state index in [1.807, 2.05) is 0 Å². The van der Waals surface area contributed by atoms with Gasteiger partial charge in [-0.05, 0) is 55.4 Å². The molecule has 4 aromatic rings. The van der Waals surface area contributed by atoms with Gasteiger partial charge in [0.05, 0.1) is 11.0 Å². The lowest BCUT2D eigenvalue weighted by atomic mass is 10.1. The molecular formula is C29H36N4. The minimum Gasteiger partial charge on any atom is -0.384 e. The van der Waals surface area contributed by atoms with Gasteiger partial charge in [-0.25, -0.2) is 0 Å². The summed E-state index contributed by atoms with van der Waals surface area (Å²) in [7, 11) is 0. The van der Waals surface area contributed by atoms with Crippen molar-refractivity contribution in [2.75, 3.05) is 23.7 Å². The predicted molar refractivity (Wildman–Crippen MR) is 142 cm³/mol. The van der Waals surface area contributed by atoms with Crippen molar-refractivity contribution in [2.45, 2.75) is 58.8 Å². The van der Waals surface area contributed by atoms with E-state index in [2.05, 4.69) is 99.0 Å². The Hall–Kier alpha value is -3.14. The third-order valence-corrected chi connectivity index (χ3v) is 6.14. The highest BCUT2D eigenvalue weighted by atomic mass is 14.9. The molecule has 0 unspecified atom stereocenters. The van der Waals surface area contributed by atoms with Gasteiger partial charge < -0.3 is 10.6 Å². The minimum absolute atomic E-state index is 0.418. The van der Waals surface area contributed by atoms with Crippen LogP contribution >= 0.6 is 0 Å². The highest BCUT2D eigenvalue weighted by Crippen LogP contribution is 2.27. The zero-order valence-electron chi connectivity index (χ0n) is 20.4. The normalized spacial score (nSPS) is 11.6. The number of rotatable bonds is 10. The molecule has 0 amide bonds. The summed E-state index contributed by atoms with van der Waals surface area (Å²) >= 11 is 0. The Kier molecular flexibility index (Phi) is 7.43. The Balaban J connectivity index is 1.30. The summed E-state index contributed by atoms with van der Waals surface area (Å²) in [5, 5.41) is 9.74. The third kappa shape index (κ3) is 5.62. The van der Waals surface area contributed by atoms with Gasteiger partial charge in [-0.3, -0.25) is 9.97 Å². The Morgan fingerprint density at radius 3 is 1.45 bits per heavy atom. The van der Waals surface area contributed by atoms with Crippen LogP contribution in [0, 0.1) is 0 Å². The monoisotopic (exact) mass is 440 g/mol. The van der Waals surface area contributed by atoms with E-state index in [-0.39, 0.29) is 0 Å². The van der Waals surface area contributed by atoms with Crippen LogP contribution in [0.25, 0.3) is 21.8 Å². The number of hydrogen-bond acceptors (Lipinski definition) is 4. The third-order valence-electron chi connectivity index (χ3n) is 6.14. The summed E-state index contributed by atoms with van der Waals surface area (Å²) in [6.07, 6.45) is 3.47. The Morgan fingerprint density at radius 2 is 1.03 bits per heavy atom. The molecule has 2 heterocycles. The molecule has 2 aromatic carbocycles. The quantitative estimate of drug-likeness (QED) is 0.248. The van der Waals surface area contributed by atoms with Crippen LogP contribution in [0.2, 0.25) is 0 Å². The standard InChI is InChI=1S/C29H36N4/c1-20(2)26-18-28(22-12-6-8-14-24(22)32-26)30-16-10-5-11-17-31-29-19-27(21(3)4)33-25-15-9-7-13-23(25)29/h6-9,12-15,18-21H,5,10-11,16-17H2,1-4H3,(H,30,32)(H,31,33). The molecule has 0 fully saturated rings. The van der Waals surface area contributed by atoms with Crippen molar-refractivity contribution in [3.63, 3.8) is 0 Å². The van der Waals surface area contributed by atoms with Crippen LogP contribution < -0.4 is 10.6 Å². The van der Waals surface area contributed by atoms with E-state index in [4.69, 9.17) is 9.97 Å². The number of nitrogens with zero attached hydrogens (tertiary/aromatic N) is 2. The Bertz CT molecular complexity index is 1120. The van der Waals surface area contributed by atoms with Gasteiger partial charge in [0.15, 0.2) is 0 Å². The maximum absolute atomic E-state index is 4.82. The summed E-state index contributed by atoms with van der Waals surface area (Å²) < 4.78 is 0. The van der Waals surface area contributed by atoms with Crippen LogP contribution in [0.15, 0.2) is 60.7 Å². The number of aromatic nitrogens is 2. The number of anilines is 2. The zero-order chi connectivity index (χ0) is 23.2. The topological polar surface area (TPSA) is 49.8 Å². The summed E-state index contributed by atoms with van der Waals surface area (Å²) in [4.78, 5) is 9.64. The largest absolute Gasteiger partial charge is 0.384 e. The number of nitrogens with one attached hydrogen (secondary N) is 2. The van der Waals surface area contributed by atoms with Crippen LogP contribution in [0.1, 0.15) is 70.2 Å². The number of para-hydroxylation sites is 2. The molecule has 0 bridgehead atoms. The van der Waals surface area contributed by atoms with Gasteiger partial charge in [0.2, 0.25) is 0 Å². The van der Waals surface area contributed by atoms with E-state index in [1.165, 1.54) is 28.6 Å². The maximum Gasteiger partial charge on any atom is 0.0726 e. The van der Waals surface area contributed by atoms with Crippen LogP contribution in [0.3, 0.4) is 0 Å². The van der Waals surface area contributed by atoms with Crippen LogP contribution in [0.5, 0.6) is 0 Å². The van der Waals surface area contributed by atoms with Crippen molar-refractivity contribution >= 4 is 33.2 Å². The first kappa shape index (κ1) is 23.0. The van der Waals surface area contributed by atoms with Gasteiger partial charge in [-0.1, -0.05) is 64.1 Å². The molecule has 2 aromatic heterocycles. The Labute approximate surface area is 197 Å². The molecule has 0 aliphatic carbocycles. The second-order valence-electron chi connectivity index (χ2n) is 9.45. The number of unbranched alkanes of at least 4 members (excludes halogenated alkanes) is 2. The molecule has 0 atom stereocenters. The van der Waals surface area contributed by atoms with E-state index >= 15 is 0 Å². The van der Waals surface area contributed by atoms with Crippen molar-refractivity contribution in [1.29, 1.82) is 0 Å². The molecular weight excluding hydrogens is 404 g/mol. The zero-order valence-corrected chi connectivity index (χ0v) is 20.4. The smallest absolute Gasteiger partial charge is 0.0726 e. The van der Waals surface area contributed by atoms with Crippen LogP contribution in [0.4, 0.5) is 11.4 Å². The number of hydrogen-bond donors (Lipinski definition) is 2. The average Bonchev–Trinajstić information content (AvgIpc) is 2.82. The molecule has 4 nitrogen and oxygen atoms in total. The lowest BCUT2D eigenvalue weighted by molar-refractivity contribution is 0.721. The molecule has 0 radical (unpaired) electrons. The fraction of sp³-hybridized carbons (Fsp3) is 0.379. The van der Waals surface area contributed by atoms with Gasteiger partial charge in [0, 0.05) is 46.6 Å². The lowest BCUT2D eigenvalue weighted by Gasteiger charge is -2.14. The molecule has 0 saturated heterocycles. The number of pyridine rings is 2. The molecule has 0 spiro atoms. The van der Waals surface area contributed by atoms with E-state index in [0.717, 1.165) is 48.4 Å². The maximum atomic E-state index is 4.82. The second-order valence-corrected chi connectivity index (χ2v) is 9.45. The molecule has 4 rings (SSSR count). The fourth-order valence-electron chi connectivity index (χ4n) is 4.15. The first-order valence-corrected chi connectivity index (χ1v) is 12.3. The summed E-state index contributed by atoms with van der Waals surface area (Å²) in [6, 6.07) is 21.2. The predicted octanol–water partition coefficient (Wildman–Crippen LogP) is 7.72. The molecule has 4 heteroatoms. The van der Waals surface area contributed by atoms with E-state index in [9.17, 15) is 0 Å². The van der Waals surface area contributed by atoms with Crippen molar-refractivity contribution in [2.24, 2.45) is 0 Å². The Morgan fingerprint density at radius 1 is 0.606 bits per heavy atom. The van der Waals surface area contributed by atoms with Crippen molar-refractivity contribution in [3.8, 4) is 0 Å². The lowest BCUT2D eigenvalue weighted by Crippen LogP contribution is -2.07. The van der Waals surface area contributed by atoms with Crippen molar-refractivity contribution < 1.29 is 0 Å². The first-order valence-electron chi connectivity index (χ1n) is 12.3. The fourth-order valence-corrected chi connectivity index (χ4v) is 4.15. The average molecular weight is 441 g/mol. The second kappa shape index (κ2) is 10.7. The van der Waals surface area contributed by atoms with Gasteiger partial charge >= 0.3 is 0 Å². The molecule has 0 saturated carbocycles. The SMILES string of the molecule is CC(C)c1cc(NCCCCCNc2cc(C(C)C)nc3ccccc23)c2ccccc2n1. The van der Waals surface area contributed by atoms with Crippen molar-refractivity contribution in [1.82, 2.24) is 9.97 Å². The van der Waals surface area contributed by atoms with Gasteiger partial charge in [-0.2, -0.15) is 0 Å². The van der Waals surface area contributed by atoms with Gasteiger partial charge in [0.25, 0.3) is 0 Å². The van der Waals surface area contributed by atoms with Gasteiger partial charge in [0.1, 0.15) is 0 Å². The molecule has 0 aliphatic rings. The van der Waals surface area contributed by atoms with E-state index < -0.39 is 0 Å². The summed E-state index contributed by atoms with van der Waals surface area (Å²) in [5.41, 5.74) is 6.83. The van der Waals surface area contributed by atoms with E-state index in [0.29, 0.717) is 11.8 Å². The highest BCUT2D eigenvalue weighted by Gasteiger charge is 2.09. The first-order chi connectivity index (χ1) is 16.0. The summed E-state index contributed by atoms with van der Waals surface area (Å²) in [5.74, 6) is 0.836. The van der Waals surface area contributed by atoms with E-state index in [1.54, 1.807) is 0 Å². The van der Waals surface area contributed by atoms with Crippen LogP contribution in [-0.2, 0) is 0 Å². The van der Waals surface area contributed by atoms with Gasteiger partial charge in [-0.15, -0.1) is 0 Å². The minimum atomic E-state index is 0.418. The molecule has 2 N–H and O–H groups in total. The van der Waals surface area contributed by atoms with Crippen molar-refractivity contribution in [3.05, 3.63) is 72.1 Å².